The maximum Gasteiger partial charge on any atom is 0.490 e. The quantitative estimate of drug-likeness (QED) is 0.458. The second kappa shape index (κ2) is 14.0. The number of nitrogens with zero attached hydrogens (tertiary/aromatic N) is 2. The van der Waals surface area contributed by atoms with Gasteiger partial charge in [-0.05, 0) is 18.2 Å². The number of alkyl halides is 6. The Hall–Kier alpha value is -3.79. The van der Waals surface area contributed by atoms with Gasteiger partial charge in [0.2, 0.25) is 0 Å². The number of amides is 1. The molecule has 3 heterocycles. The third-order valence-corrected chi connectivity index (χ3v) is 5.82. The number of aliphatic carboxylic acids is 2. The monoisotopic (exact) mass is 583 g/mol. The minimum atomic E-state index is -5.08. The number of pyridine rings is 1. The van der Waals surface area contributed by atoms with E-state index in [-0.39, 0.29) is 23.7 Å². The van der Waals surface area contributed by atoms with Crippen molar-refractivity contribution in [2.24, 2.45) is 11.8 Å². The van der Waals surface area contributed by atoms with Gasteiger partial charge in [-0.3, -0.25) is 14.7 Å². The molecule has 2 aromatic rings. The van der Waals surface area contributed by atoms with Crippen molar-refractivity contribution >= 4 is 17.8 Å². The number of aromatic nitrogens is 1. The van der Waals surface area contributed by atoms with Gasteiger partial charge in [0.05, 0.1) is 12.7 Å². The lowest BCUT2D eigenvalue weighted by molar-refractivity contribution is -0.193. The molecule has 1 aromatic carbocycles. The summed E-state index contributed by atoms with van der Waals surface area (Å²) in [7, 11) is 0. The summed E-state index contributed by atoms with van der Waals surface area (Å²) in [6, 6.07) is 10.3. The SMILES string of the molecule is O=C(NC[C@H]1CO[C@@H]2CN(Cc3ccccc3F)C[C@H]12)c1ccncc1.O=C(O)C(F)(F)F.O=C(O)C(F)(F)F. The molecular formula is C24H24F7N3O6. The molecule has 220 valence electrons. The predicted octanol–water partition coefficient (Wildman–Crippen LogP) is 3.36. The number of halogens is 7. The van der Waals surface area contributed by atoms with Crippen molar-refractivity contribution in [2.45, 2.75) is 25.0 Å². The molecule has 2 aliphatic heterocycles. The molecule has 40 heavy (non-hydrogen) atoms. The van der Waals surface area contributed by atoms with Gasteiger partial charge in [0.25, 0.3) is 5.91 Å². The van der Waals surface area contributed by atoms with Crippen LogP contribution < -0.4 is 5.32 Å². The molecule has 2 saturated heterocycles. The van der Waals surface area contributed by atoms with Gasteiger partial charge >= 0.3 is 24.3 Å². The Morgan fingerprint density at radius 1 is 0.950 bits per heavy atom. The number of carboxylic acid groups (broad SMARTS) is 2. The minimum Gasteiger partial charge on any atom is -0.475 e. The van der Waals surface area contributed by atoms with E-state index >= 15 is 0 Å². The van der Waals surface area contributed by atoms with Crippen LogP contribution in [0.25, 0.3) is 0 Å². The fraction of sp³-hybridized carbons (Fsp3) is 0.417. The highest BCUT2D eigenvalue weighted by atomic mass is 19.4. The summed E-state index contributed by atoms with van der Waals surface area (Å²) in [4.78, 5) is 36.2. The maximum absolute atomic E-state index is 13.9. The Morgan fingerprint density at radius 3 is 2.02 bits per heavy atom. The van der Waals surface area contributed by atoms with E-state index in [9.17, 15) is 35.5 Å². The molecule has 1 amide bonds. The average molecular weight is 583 g/mol. The molecule has 2 aliphatic rings. The van der Waals surface area contributed by atoms with E-state index in [2.05, 4.69) is 15.2 Å². The highest BCUT2D eigenvalue weighted by Crippen LogP contribution is 2.34. The number of carbonyl (C=O) groups is 3. The lowest BCUT2D eigenvalue weighted by Gasteiger charge is -2.20. The number of benzene rings is 1. The van der Waals surface area contributed by atoms with Gasteiger partial charge in [0, 0.05) is 61.5 Å². The third kappa shape index (κ3) is 10.1. The van der Waals surface area contributed by atoms with E-state index < -0.39 is 24.3 Å². The Morgan fingerprint density at radius 2 is 1.50 bits per heavy atom. The van der Waals surface area contributed by atoms with Crippen molar-refractivity contribution in [1.82, 2.24) is 15.2 Å². The first-order valence-electron chi connectivity index (χ1n) is 11.5. The molecule has 4 rings (SSSR count). The molecule has 16 heteroatoms. The topological polar surface area (TPSA) is 129 Å². The zero-order valence-corrected chi connectivity index (χ0v) is 20.5. The second-order valence-corrected chi connectivity index (χ2v) is 8.63. The predicted molar refractivity (Wildman–Crippen MR) is 122 cm³/mol. The average Bonchev–Trinajstić information content (AvgIpc) is 3.44. The van der Waals surface area contributed by atoms with Gasteiger partial charge in [-0.1, -0.05) is 18.2 Å². The lowest BCUT2D eigenvalue weighted by Crippen LogP contribution is -2.34. The van der Waals surface area contributed by atoms with Crippen molar-refractivity contribution in [1.29, 1.82) is 0 Å². The zero-order chi connectivity index (χ0) is 30.1. The Bertz CT molecular complexity index is 1120. The van der Waals surface area contributed by atoms with Gasteiger partial charge < -0.3 is 20.3 Å². The third-order valence-electron chi connectivity index (χ3n) is 5.82. The zero-order valence-electron chi connectivity index (χ0n) is 20.5. The molecule has 2 fully saturated rings. The summed E-state index contributed by atoms with van der Waals surface area (Å²) in [5, 5.41) is 17.3. The molecule has 0 radical (unpaired) electrons. The molecule has 0 saturated carbocycles. The fourth-order valence-electron chi connectivity index (χ4n) is 3.92. The van der Waals surface area contributed by atoms with E-state index in [1.165, 1.54) is 6.07 Å². The Kier molecular flexibility index (Phi) is 11.4. The van der Waals surface area contributed by atoms with Crippen molar-refractivity contribution < 1.29 is 60.1 Å². The van der Waals surface area contributed by atoms with Gasteiger partial charge in [0.1, 0.15) is 5.82 Å². The normalized spacial score (nSPS) is 20.3. The fourth-order valence-corrected chi connectivity index (χ4v) is 3.92. The molecular weight excluding hydrogens is 559 g/mol. The highest BCUT2D eigenvalue weighted by Gasteiger charge is 2.43. The number of nitrogens with one attached hydrogen (secondary N) is 1. The van der Waals surface area contributed by atoms with Crippen molar-refractivity contribution in [3.05, 3.63) is 65.7 Å². The molecule has 3 N–H and O–H groups in total. The molecule has 1 aromatic heterocycles. The van der Waals surface area contributed by atoms with Gasteiger partial charge in [-0.15, -0.1) is 0 Å². The standard InChI is InChI=1S/C20H22FN3O2.2C2HF3O2/c21-18-4-2-1-3-15(18)10-24-11-17-16(13-26-19(17)12-24)9-23-20(25)14-5-7-22-8-6-14;2*3-2(4,5)1(6)7/h1-8,16-17,19H,9-13H2,(H,23,25);2*(H,6,7)/t16-,17+,19+;;/m0../s1. The van der Waals surface area contributed by atoms with Crippen molar-refractivity contribution in [3.8, 4) is 0 Å². The number of hydrogen-bond donors (Lipinski definition) is 3. The van der Waals surface area contributed by atoms with E-state index in [0.29, 0.717) is 31.2 Å². The number of likely N-dealkylation sites (tertiary alicyclic amines) is 1. The van der Waals surface area contributed by atoms with Crippen LogP contribution in [0.1, 0.15) is 15.9 Å². The number of ether oxygens (including phenoxy) is 1. The van der Waals surface area contributed by atoms with Crippen LogP contribution in [0.3, 0.4) is 0 Å². The molecule has 9 nitrogen and oxygen atoms in total. The second-order valence-electron chi connectivity index (χ2n) is 8.63. The van der Waals surface area contributed by atoms with Crippen LogP contribution in [0.15, 0.2) is 48.8 Å². The first kappa shape index (κ1) is 32.4. The molecule has 0 aliphatic carbocycles. The number of carboxylic acids is 2. The highest BCUT2D eigenvalue weighted by molar-refractivity contribution is 5.93. The van der Waals surface area contributed by atoms with Gasteiger partial charge in [0.15, 0.2) is 0 Å². The van der Waals surface area contributed by atoms with Crippen LogP contribution in [0, 0.1) is 17.7 Å². The summed E-state index contributed by atoms with van der Waals surface area (Å²) in [6.07, 6.45) is -6.77. The largest absolute Gasteiger partial charge is 0.490 e. The van der Waals surface area contributed by atoms with E-state index in [0.717, 1.165) is 18.7 Å². The van der Waals surface area contributed by atoms with Crippen LogP contribution in [-0.4, -0.2) is 82.6 Å². The summed E-state index contributed by atoms with van der Waals surface area (Å²) >= 11 is 0. The van der Waals surface area contributed by atoms with Crippen LogP contribution in [-0.2, 0) is 20.9 Å². The Labute approximate surface area is 222 Å². The van der Waals surface area contributed by atoms with Crippen LogP contribution in [0.2, 0.25) is 0 Å². The number of hydrogen-bond acceptors (Lipinski definition) is 6. The molecule has 3 atom stereocenters. The maximum atomic E-state index is 13.9. The van der Waals surface area contributed by atoms with Crippen molar-refractivity contribution in [3.63, 3.8) is 0 Å². The van der Waals surface area contributed by atoms with E-state index in [1.54, 1.807) is 30.6 Å². The Balaban J connectivity index is 0.000000333. The molecule has 0 spiro atoms. The van der Waals surface area contributed by atoms with Crippen LogP contribution in [0.5, 0.6) is 0 Å². The van der Waals surface area contributed by atoms with Crippen LogP contribution >= 0.6 is 0 Å². The summed E-state index contributed by atoms with van der Waals surface area (Å²) in [5.74, 6) is -5.10. The lowest BCUT2D eigenvalue weighted by atomic mass is 9.93. The van der Waals surface area contributed by atoms with E-state index in [4.69, 9.17) is 24.5 Å². The van der Waals surface area contributed by atoms with Gasteiger partial charge in [-0.25, -0.2) is 14.0 Å². The number of carbonyl (C=O) groups excluding carboxylic acids is 1. The first-order chi connectivity index (χ1) is 18.6. The van der Waals surface area contributed by atoms with Crippen LogP contribution in [0.4, 0.5) is 30.7 Å². The van der Waals surface area contributed by atoms with Gasteiger partial charge in [-0.2, -0.15) is 26.3 Å². The van der Waals surface area contributed by atoms with E-state index in [1.807, 2.05) is 12.1 Å². The summed E-state index contributed by atoms with van der Waals surface area (Å²) in [6.45, 7) is 3.54. The molecule has 0 bridgehead atoms. The summed E-state index contributed by atoms with van der Waals surface area (Å²) in [5.41, 5.74) is 1.33. The number of fused-ring (bicyclic) bond motifs is 1. The first-order valence-corrected chi connectivity index (χ1v) is 11.5. The molecule has 0 unspecified atom stereocenters. The summed E-state index contributed by atoms with van der Waals surface area (Å²) < 4.78 is 83.3. The number of rotatable bonds is 5. The van der Waals surface area contributed by atoms with Crippen molar-refractivity contribution in [2.75, 3.05) is 26.2 Å². The smallest absolute Gasteiger partial charge is 0.475 e. The minimum absolute atomic E-state index is 0.0861.